The molecule has 1 aliphatic rings. The predicted molar refractivity (Wildman–Crippen MR) is 101 cm³/mol. The Morgan fingerprint density at radius 3 is 2.46 bits per heavy atom. The minimum Gasteiger partial charge on any atom is -0.383 e. The number of pyridine rings is 1. The first-order valence-electron chi connectivity index (χ1n) is 8.75. The second-order valence-corrected chi connectivity index (χ2v) is 6.69. The summed E-state index contributed by atoms with van der Waals surface area (Å²) < 4.78 is 18.4. The van der Waals surface area contributed by atoms with Crippen LogP contribution < -0.4 is 16.4 Å². The zero-order valence-corrected chi connectivity index (χ0v) is 15.4. The number of anilines is 1. The van der Waals surface area contributed by atoms with Crippen molar-refractivity contribution in [2.75, 3.05) is 25.2 Å². The number of hydrogen-bond acceptors (Lipinski definition) is 6. The van der Waals surface area contributed by atoms with Crippen molar-refractivity contribution in [1.29, 1.82) is 0 Å². The molecule has 4 N–H and O–H groups in total. The molecular weight excluding hydrogens is 333 g/mol. The van der Waals surface area contributed by atoms with Crippen LogP contribution in [0.15, 0.2) is 36.4 Å². The molecule has 1 aromatic carbocycles. The second kappa shape index (κ2) is 7.67. The van der Waals surface area contributed by atoms with Gasteiger partial charge in [-0.05, 0) is 50.2 Å². The van der Waals surface area contributed by atoms with Gasteiger partial charge in [0.05, 0.1) is 23.7 Å². The quantitative estimate of drug-likeness (QED) is 0.852. The van der Waals surface area contributed by atoms with Gasteiger partial charge in [0.1, 0.15) is 18.3 Å². The zero-order valence-electron chi connectivity index (χ0n) is 15.4. The molecule has 0 amide bonds. The fourth-order valence-electron chi connectivity index (χ4n) is 3.39. The molecule has 2 unspecified atom stereocenters. The van der Waals surface area contributed by atoms with Crippen LogP contribution >= 0.6 is 0 Å². The van der Waals surface area contributed by atoms with Gasteiger partial charge in [-0.2, -0.15) is 0 Å². The third-order valence-electron chi connectivity index (χ3n) is 4.71. The van der Waals surface area contributed by atoms with E-state index >= 15 is 0 Å². The van der Waals surface area contributed by atoms with E-state index in [0.717, 1.165) is 22.6 Å². The van der Waals surface area contributed by atoms with Crippen LogP contribution in [0, 0.1) is 5.82 Å². The monoisotopic (exact) mass is 359 g/mol. The Kier molecular flexibility index (Phi) is 5.52. The first-order valence-corrected chi connectivity index (χ1v) is 8.75. The van der Waals surface area contributed by atoms with E-state index in [1.807, 2.05) is 17.0 Å². The summed E-state index contributed by atoms with van der Waals surface area (Å²) in [7, 11) is 1.66. The van der Waals surface area contributed by atoms with Gasteiger partial charge in [0.25, 0.3) is 0 Å². The van der Waals surface area contributed by atoms with Crippen molar-refractivity contribution in [3.05, 3.63) is 47.9 Å². The molecule has 3 rings (SSSR count). The Labute approximate surface area is 153 Å². The van der Waals surface area contributed by atoms with Gasteiger partial charge in [0, 0.05) is 25.3 Å². The Morgan fingerprint density at radius 2 is 1.85 bits per heavy atom. The van der Waals surface area contributed by atoms with Crippen molar-refractivity contribution in [3.63, 3.8) is 0 Å². The molecule has 2 atom stereocenters. The van der Waals surface area contributed by atoms with Crippen LogP contribution in [0.4, 0.5) is 10.1 Å². The fraction of sp³-hybridized carbons (Fsp3) is 0.421. The van der Waals surface area contributed by atoms with E-state index in [9.17, 15) is 4.39 Å². The molecule has 0 spiro atoms. The average Bonchev–Trinajstić information content (AvgIpc) is 2.62. The maximum atomic E-state index is 13.2. The summed E-state index contributed by atoms with van der Waals surface area (Å²) in [5.41, 5.74) is 16.3. The Balaban J connectivity index is 2.05. The number of rotatable bonds is 5. The van der Waals surface area contributed by atoms with Crippen molar-refractivity contribution < 1.29 is 9.13 Å². The van der Waals surface area contributed by atoms with E-state index < -0.39 is 6.17 Å². The Hall–Kier alpha value is -2.06. The number of fused-ring (bicyclic) bond motifs is 1. The summed E-state index contributed by atoms with van der Waals surface area (Å²) >= 11 is 0. The molecular formula is C19H26FN5O. The fourth-order valence-corrected chi connectivity index (χ4v) is 3.39. The summed E-state index contributed by atoms with van der Waals surface area (Å²) in [6.07, 6.45) is -0.773. The molecule has 0 fully saturated rings. The molecule has 0 saturated heterocycles. The van der Waals surface area contributed by atoms with Crippen LogP contribution in [0.5, 0.6) is 0 Å². The van der Waals surface area contributed by atoms with Crippen molar-refractivity contribution in [2.45, 2.75) is 32.3 Å². The zero-order chi connectivity index (χ0) is 18.8. The lowest BCUT2D eigenvalue weighted by atomic mass is 10.1. The molecule has 7 heteroatoms. The highest BCUT2D eigenvalue weighted by molar-refractivity contribution is 5.65. The average molecular weight is 359 g/mol. The first kappa shape index (κ1) is 18.7. The van der Waals surface area contributed by atoms with Gasteiger partial charge in [-0.1, -0.05) is 0 Å². The number of ether oxygens (including phenoxy) is 1. The highest BCUT2D eigenvalue weighted by Crippen LogP contribution is 2.36. The summed E-state index contributed by atoms with van der Waals surface area (Å²) in [6.45, 7) is 5.30. The molecule has 2 aromatic rings. The lowest BCUT2D eigenvalue weighted by Crippen LogP contribution is -2.63. The molecule has 0 aliphatic carbocycles. The van der Waals surface area contributed by atoms with Crippen LogP contribution in [-0.2, 0) is 4.74 Å². The smallest absolute Gasteiger partial charge is 0.136 e. The SMILES string of the molecule is COCCN1c2ccc(-c3ccc(F)cc3)nc2C(N)N(C(C)C)C1N. The van der Waals surface area contributed by atoms with Gasteiger partial charge in [-0.25, -0.2) is 14.3 Å². The van der Waals surface area contributed by atoms with E-state index in [-0.39, 0.29) is 18.1 Å². The number of nitrogens with two attached hydrogens (primary N) is 2. The summed E-state index contributed by atoms with van der Waals surface area (Å²) in [6, 6.07) is 10.3. The van der Waals surface area contributed by atoms with Crippen molar-refractivity contribution in [1.82, 2.24) is 9.88 Å². The molecule has 26 heavy (non-hydrogen) atoms. The van der Waals surface area contributed by atoms with Gasteiger partial charge in [0.2, 0.25) is 0 Å². The van der Waals surface area contributed by atoms with Gasteiger partial charge in [-0.15, -0.1) is 0 Å². The van der Waals surface area contributed by atoms with Crippen LogP contribution in [0.1, 0.15) is 25.7 Å². The van der Waals surface area contributed by atoms with E-state index in [4.69, 9.17) is 21.2 Å². The topological polar surface area (TPSA) is 80.6 Å². The number of benzene rings is 1. The van der Waals surface area contributed by atoms with Crippen molar-refractivity contribution in [3.8, 4) is 11.3 Å². The maximum absolute atomic E-state index is 13.2. The molecule has 6 nitrogen and oxygen atoms in total. The number of nitrogens with zero attached hydrogens (tertiary/aromatic N) is 3. The summed E-state index contributed by atoms with van der Waals surface area (Å²) in [5.74, 6) is -0.272. The van der Waals surface area contributed by atoms with E-state index in [1.165, 1.54) is 12.1 Å². The Morgan fingerprint density at radius 1 is 1.15 bits per heavy atom. The van der Waals surface area contributed by atoms with Crippen LogP contribution in [0.25, 0.3) is 11.3 Å². The third kappa shape index (κ3) is 3.43. The van der Waals surface area contributed by atoms with Crippen LogP contribution in [0.2, 0.25) is 0 Å². The summed E-state index contributed by atoms with van der Waals surface area (Å²) in [5, 5.41) is 0. The minimum absolute atomic E-state index is 0.148. The molecule has 1 aliphatic heterocycles. The van der Waals surface area contributed by atoms with Crippen LogP contribution in [0.3, 0.4) is 0 Å². The van der Waals surface area contributed by atoms with Gasteiger partial charge >= 0.3 is 0 Å². The van der Waals surface area contributed by atoms with Gasteiger partial charge in [-0.3, -0.25) is 5.73 Å². The lowest BCUT2D eigenvalue weighted by molar-refractivity contribution is 0.0781. The molecule has 0 radical (unpaired) electrons. The normalized spacial score (nSPS) is 20.5. The van der Waals surface area contributed by atoms with Crippen molar-refractivity contribution in [2.24, 2.45) is 11.5 Å². The lowest BCUT2D eigenvalue weighted by Gasteiger charge is -2.48. The van der Waals surface area contributed by atoms with Gasteiger partial charge < -0.3 is 15.4 Å². The highest BCUT2D eigenvalue weighted by Gasteiger charge is 2.37. The number of methoxy groups -OCH3 is 1. The summed E-state index contributed by atoms with van der Waals surface area (Å²) in [4.78, 5) is 8.88. The maximum Gasteiger partial charge on any atom is 0.136 e. The van der Waals surface area contributed by atoms with Gasteiger partial charge in [0.15, 0.2) is 0 Å². The second-order valence-electron chi connectivity index (χ2n) is 6.69. The highest BCUT2D eigenvalue weighted by atomic mass is 19.1. The van der Waals surface area contributed by atoms with Crippen LogP contribution in [-0.4, -0.2) is 42.5 Å². The first-order chi connectivity index (χ1) is 12.4. The molecule has 2 heterocycles. The number of hydrogen-bond donors (Lipinski definition) is 2. The third-order valence-corrected chi connectivity index (χ3v) is 4.71. The molecule has 1 aromatic heterocycles. The number of halogens is 1. The van der Waals surface area contributed by atoms with E-state index in [0.29, 0.717) is 13.2 Å². The Bertz CT molecular complexity index is 752. The van der Waals surface area contributed by atoms with Crippen molar-refractivity contribution >= 4 is 5.69 Å². The molecule has 0 bridgehead atoms. The number of aromatic nitrogens is 1. The predicted octanol–water partition coefficient (Wildman–Crippen LogP) is 2.26. The van der Waals surface area contributed by atoms with E-state index in [2.05, 4.69) is 18.7 Å². The minimum atomic E-state index is -0.417. The molecule has 0 saturated carbocycles. The largest absolute Gasteiger partial charge is 0.383 e. The standard InChI is InChI=1S/C19H26FN5O/c1-12(2)25-18(21)17-16(24(19(25)22)10-11-26-3)9-8-15(23-17)13-4-6-14(20)7-5-13/h4-9,12,18-19H,10-11,21-22H2,1-3H3. The molecule has 140 valence electrons. The van der Waals surface area contributed by atoms with E-state index in [1.54, 1.807) is 19.2 Å².